The summed E-state index contributed by atoms with van der Waals surface area (Å²) in [5.41, 5.74) is 4.94. The van der Waals surface area contributed by atoms with Gasteiger partial charge in [0.25, 0.3) is 0 Å². The smallest absolute Gasteiger partial charge is 0.336 e. The van der Waals surface area contributed by atoms with Crippen molar-refractivity contribution in [3.05, 3.63) is 83.2 Å². The molecule has 1 atom stereocenters. The standard InChI is InChI=1S/C22H19NO2/c1-4-14(2)20-21-16-10-13-19(24)25-18(16)12-11-17(21)23(3)22(20)15-8-6-5-7-9-15/h4-14H,1H2,2-3H3. The summed E-state index contributed by atoms with van der Waals surface area (Å²) in [6.45, 7) is 6.14. The monoisotopic (exact) mass is 329 g/mol. The van der Waals surface area contributed by atoms with Gasteiger partial charge in [-0.1, -0.05) is 43.3 Å². The van der Waals surface area contributed by atoms with Gasteiger partial charge < -0.3 is 8.98 Å². The Kier molecular flexibility index (Phi) is 3.57. The van der Waals surface area contributed by atoms with Gasteiger partial charge in [-0.15, -0.1) is 6.58 Å². The van der Waals surface area contributed by atoms with E-state index in [1.165, 1.54) is 17.3 Å². The number of hydrogen-bond donors (Lipinski definition) is 0. The molecule has 2 heterocycles. The van der Waals surface area contributed by atoms with Gasteiger partial charge in [0.2, 0.25) is 0 Å². The minimum absolute atomic E-state index is 0.163. The first kappa shape index (κ1) is 15.5. The van der Waals surface area contributed by atoms with Gasteiger partial charge in [0.1, 0.15) is 5.58 Å². The van der Waals surface area contributed by atoms with E-state index in [4.69, 9.17) is 4.42 Å². The summed E-state index contributed by atoms with van der Waals surface area (Å²) in [6, 6.07) is 17.6. The molecule has 3 heteroatoms. The molecule has 0 aliphatic carbocycles. The van der Waals surface area contributed by atoms with Crippen LogP contribution in [0, 0.1) is 0 Å². The van der Waals surface area contributed by atoms with E-state index in [-0.39, 0.29) is 11.5 Å². The largest absolute Gasteiger partial charge is 0.423 e. The zero-order chi connectivity index (χ0) is 17.6. The van der Waals surface area contributed by atoms with Crippen LogP contribution in [0.1, 0.15) is 18.4 Å². The Balaban J connectivity index is 2.23. The van der Waals surface area contributed by atoms with Gasteiger partial charge in [0, 0.05) is 35.3 Å². The number of hydrogen-bond acceptors (Lipinski definition) is 2. The molecule has 4 aromatic rings. The summed E-state index contributed by atoms with van der Waals surface area (Å²) in [5.74, 6) is 0.163. The molecule has 0 aliphatic rings. The quantitative estimate of drug-likeness (QED) is 0.380. The Morgan fingerprint density at radius 3 is 2.56 bits per heavy atom. The van der Waals surface area contributed by atoms with E-state index >= 15 is 0 Å². The van der Waals surface area contributed by atoms with Crippen molar-refractivity contribution in [2.45, 2.75) is 12.8 Å². The second kappa shape index (κ2) is 5.78. The van der Waals surface area contributed by atoms with Crippen LogP contribution in [-0.2, 0) is 7.05 Å². The Morgan fingerprint density at radius 1 is 1.08 bits per heavy atom. The van der Waals surface area contributed by atoms with Crippen molar-refractivity contribution in [1.82, 2.24) is 4.57 Å². The fourth-order valence-corrected chi connectivity index (χ4v) is 3.63. The molecule has 1 unspecified atom stereocenters. The first-order valence-electron chi connectivity index (χ1n) is 8.35. The van der Waals surface area contributed by atoms with Crippen LogP contribution in [0.15, 0.2) is 76.5 Å². The van der Waals surface area contributed by atoms with Gasteiger partial charge in [-0.05, 0) is 29.3 Å². The number of benzene rings is 2. The minimum Gasteiger partial charge on any atom is -0.423 e. The molecule has 3 nitrogen and oxygen atoms in total. The molecule has 25 heavy (non-hydrogen) atoms. The van der Waals surface area contributed by atoms with E-state index in [0.717, 1.165) is 21.9 Å². The number of aryl methyl sites for hydroxylation is 1. The van der Waals surface area contributed by atoms with Gasteiger partial charge in [-0.3, -0.25) is 0 Å². The van der Waals surface area contributed by atoms with Crippen LogP contribution in [0.2, 0.25) is 0 Å². The molecular weight excluding hydrogens is 310 g/mol. The van der Waals surface area contributed by atoms with Crippen LogP contribution in [-0.4, -0.2) is 4.57 Å². The van der Waals surface area contributed by atoms with E-state index in [1.54, 1.807) is 0 Å². The van der Waals surface area contributed by atoms with E-state index in [2.05, 4.69) is 37.3 Å². The third-order valence-electron chi connectivity index (χ3n) is 4.86. The third-order valence-corrected chi connectivity index (χ3v) is 4.86. The van der Waals surface area contributed by atoms with Crippen molar-refractivity contribution >= 4 is 21.9 Å². The molecule has 0 bridgehead atoms. The number of allylic oxidation sites excluding steroid dienone is 1. The van der Waals surface area contributed by atoms with Crippen LogP contribution in [0.4, 0.5) is 0 Å². The summed E-state index contributed by atoms with van der Waals surface area (Å²) in [6.07, 6.45) is 1.96. The zero-order valence-electron chi connectivity index (χ0n) is 14.3. The first-order chi connectivity index (χ1) is 12.1. The maximum atomic E-state index is 11.6. The lowest BCUT2D eigenvalue weighted by Gasteiger charge is -2.12. The highest BCUT2D eigenvalue weighted by Gasteiger charge is 2.21. The second-order valence-electron chi connectivity index (χ2n) is 6.34. The van der Waals surface area contributed by atoms with Crippen molar-refractivity contribution < 1.29 is 4.42 Å². The van der Waals surface area contributed by atoms with E-state index in [9.17, 15) is 4.79 Å². The SMILES string of the molecule is C=CC(C)c1c(-c2ccccc2)n(C)c2ccc3oc(=O)ccc3c12. The average Bonchev–Trinajstić information content (AvgIpc) is 2.94. The molecular formula is C22H19NO2. The van der Waals surface area contributed by atoms with Crippen LogP contribution in [0.25, 0.3) is 33.1 Å². The Labute approximate surface area is 145 Å². The van der Waals surface area contributed by atoms with Crippen molar-refractivity contribution in [3.63, 3.8) is 0 Å². The van der Waals surface area contributed by atoms with Crippen LogP contribution >= 0.6 is 0 Å². The number of aromatic nitrogens is 1. The van der Waals surface area contributed by atoms with Gasteiger partial charge in [-0.25, -0.2) is 4.79 Å². The summed E-state index contributed by atoms with van der Waals surface area (Å²) in [5, 5.41) is 2.08. The fourth-order valence-electron chi connectivity index (χ4n) is 3.63. The lowest BCUT2D eigenvalue weighted by atomic mass is 9.93. The molecule has 2 aromatic carbocycles. The third kappa shape index (κ3) is 2.31. The molecule has 0 N–H and O–H groups in total. The molecule has 0 amide bonds. The highest BCUT2D eigenvalue weighted by atomic mass is 16.4. The van der Waals surface area contributed by atoms with Crippen molar-refractivity contribution in [1.29, 1.82) is 0 Å². The van der Waals surface area contributed by atoms with E-state index in [0.29, 0.717) is 5.58 Å². The highest BCUT2D eigenvalue weighted by molar-refractivity contribution is 6.09. The molecule has 0 saturated heterocycles. The molecule has 124 valence electrons. The molecule has 0 fully saturated rings. The van der Waals surface area contributed by atoms with Crippen molar-refractivity contribution in [3.8, 4) is 11.3 Å². The van der Waals surface area contributed by atoms with Crippen LogP contribution < -0.4 is 5.63 Å². The van der Waals surface area contributed by atoms with E-state index in [1.807, 2.05) is 42.5 Å². The minimum atomic E-state index is -0.329. The summed E-state index contributed by atoms with van der Waals surface area (Å²) in [4.78, 5) is 11.6. The number of rotatable bonds is 3. The normalized spacial score (nSPS) is 12.6. The van der Waals surface area contributed by atoms with Gasteiger partial charge in [0.05, 0.1) is 5.69 Å². The molecule has 0 radical (unpaired) electrons. The maximum Gasteiger partial charge on any atom is 0.336 e. The first-order valence-corrected chi connectivity index (χ1v) is 8.35. The predicted octanol–water partition coefficient (Wildman–Crippen LogP) is 5.24. The van der Waals surface area contributed by atoms with E-state index < -0.39 is 0 Å². The zero-order valence-corrected chi connectivity index (χ0v) is 14.3. The maximum absolute atomic E-state index is 11.6. The highest BCUT2D eigenvalue weighted by Crippen LogP contribution is 2.41. The Morgan fingerprint density at radius 2 is 1.84 bits per heavy atom. The molecule has 2 aromatic heterocycles. The lowest BCUT2D eigenvalue weighted by Crippen LogP contribution is -1.96. The van der Waals surface area contributed by atoms with Gasteiger partial charge >= 0.3 is 5.63 Å². The molecule has 0 spiro atoms. The van der Waals surface area contributed by atoms with Crippen LogP contribution in [0.5, 0.6) is 0 Å². The molecule has 4 rings (SSSR count). The lowest BCUT2D eigenvalue weighted by molar-refractivity contribution is 0.561. The summed E-state index contributed by atoms with van der Waals surface area (Å²) in [7, 11) is 2.08. The van der Waals surface area contributed by atoms with Gasteiger partial charge in [-0.2, -0.15) is 0 Å². The predicted molar refractivity (Wildman–Crippen MR) is 103 cm³/mol. The van der Waals surface area contributed by atoms with Gasteiger partial charge in [0.15, 0.2) is 0 Å². The van der Waals surface area contributed by atoms with Crippen LogP contribution in [0.3, 0.4) is 0 Å². The average molecular weight is 329 g/mol. The Hall–Kier alpha value is -3.07. The summed E-state index contributed by atoms with van der Waals surface area (Å²) >= 11 is 0. The fraction of sp³-hybridized carbons (Fsp3) is 0.136. The number of fused-ring (bicyclic) bond motifs is 3. The van der Waals surface area contributed by atoms with Crippen molar-refractivity contribution in [2.24, 2.45) is 7.05 Å². The second-order valence-corrected chi connectivity index (χ2v) is 6.34. The Bertz CT molecular complexity index is 1150. The molecule has 0 aliphatic heterocycles. The number of nitrogens with zero attached hydrogens (tertiary/aromatic N) is 1. The topological polar surface area (TPSA) is 35.1 Å². The summed E-state index contributed by atoms with van der Waals surface area (Å²) < 4.78 is 7.62. The van der Waals surface area contributed by atoms with Crippen molar-refractivity contribution in [2.75, 3.05) is 0 Å². The molecule has 0 saturated carbocycles.